The molecule has 3 rings (SSSR count). The van der Waals surface area contributed by atoms with E-state index >= 15 is 0 Å². The first kappa shape index (κ1) is 15.3. The second-order valence-electron chi connectivity index (χ2n) is 5.63. The summed E-state index contributed by atoms with van der Waals surface area (Å²) in [5, 5.41) is 0. The number of aldehydes is 1. The number of carbonyl (C=O) groups excluding carboxylic acids is 1. The smallest absolute Gasteiger partial charge is 0.141 e. The molecule has 1 heterocycles. The molecule has 0 saturated heterocycles. The summed E-state index contributed by atoms with van der Waals surface area (Å²) in [7, 11) is 1.66. The molecule has 0 radical (unpaired) electrons. The van der Waals surface area contributed by atoms with Crippen LogP contribution in [0.15, 0.2) is 40.9 Å². The van der Waals surface area contributed by atoms with Crippen LogP contribution in [0.4, 0.5) is 0 Å². The molecular formula is C18H18BrNO2. The lowest BCUT2D eigenvalue weighted by atomic mass is 10.00. The molecule has 0 fully saturated rings. The fourth-order valence-corrected chi connectivity index (χ4v) is 3.77. The van der Waals surface area contributed by atoms with E-state index in [1.807, 2.05) is 24.3 Å². The van der Waals surface area contributed by atoms with Gasteiger partial charge < -0.3 is 9.53 Å². The Morgan fingerprint density at radius 1 is 1.32 bits per heavy atom. The molecule has 114 valence electrons. The van der Waals surface area contributed by atoms with Crippen molar-refractivity contribution < 1.29 is 9.53 Å². The zero-order valence-corrected chi connectivity index (χ0v) is 14.3. The highest BCUT2D eigenvalue weighted by Crippen LogP contribution is 2.37. The molecule has 2 aromatic carbocycles. The molecule has 1 aliphatic rings. The zero-order chi connectivity index (χ0) is 15.7. The zero-order valence-electron chi connectivity index (χ0n) is 12.7. The lowest BCUT2D eigenvalue weighted by molar-refractivity contribution is -0.112. The van der Waals surface area contributed by atoms with Crippen molar-refractivity contribution in [2.75, 3.05) is 7.11 Å². The molecule has 0 saturated carbocycles. The van der Waals surface area contributed by atoms with Gasteiger partial charge in [-0.1, -0.05) is 28.1 Å². The molecular weight excluding hydrogens is 342 g/mol. The summed E-state index contributed by atoms with van der Waals surface area (Å²) in [5.41, 5.74) is 4.74. The van der Waals surface area contributed by atoms with E-state index in [4.69, 9.17) is 4.74 Å². The van der Waals surface area contributed by atoms with Crippen molar-refractivity contribution in [2.45, 2.75) is 26.1 Å². The van der Waals surface area contributed by atoms with Gasteiger partial charge >= 0.3 is 0 Å². The Morgan fingerprint density at radius 2 is 2.05 bits per heavy atom. The monoisotopic (exact) mass is 359 g/mol. The second kappa shape index (κ2) is 6.23. The molecule has 2 aromatic rings. The summed E-state index contributed by atoms with van der Waals surface area (Å²) in [6.45, 7) is 3.61. The highest BCUT2D eigenvalue weighted by atomic mass is 79.9. The first-order valence-corrected chi connectivity index (χ1v) is 8.03. The standard InChI is InChI=1S/C18H18BrNO2/c1-12-7-15(19)8-14-10-20(17(11-21)18(12)14)9-13-3-5-16(22-2)6-4-13/h3-8,11,17H,9-10H2,1-2H3. The highest BCUT2D eigenvalue weighted by molar-refractivity contribution is 9.10. The van der Waals surface area contributed by atoms with Gasteiger partial charge in [-0.15, -0.1) is 0 Å². The summed E-state index contributed by atoms with van der Waals surface area (Å²) in [4.78, 5) is 13.8. The number of halogens is 1. The van der Waals surface area contributed by atoms with Crippen LogP contribution >= 0.6 is 15.9 Å². The maximum Gasteiger partial charge on any atom is 0.141 e. The van der Waals surface area contributed by atoms with E-state index in [1.165, 1.54) is 16.7 Å². The summed E-state index contributed by atoms with van der Waals surface area (Å²) in [5.74, 6) is 0.847. The van der Waals surface area contributed by atoms with Crippen molar-refractivity contribution in [1.82, 2.24) is 4.90 Å². The molecule has 0 spiro atoms. The third kappa shape index (κ3) is 2.81. The average molecular weight is 360 g/mol. The molecule has 0 aliphatic carbocycles. The van der Waals surface area contributed by atoms with Crippen LogP contribution in [-0.2, 0) is 17.9 Å². The third-order valence-electron chi connectivity index (χ3n) is 4.17. The van der Waals surface area contributed by atoms with E-state index in [0.717, 1.165) is 35.2 Å². The third-order valence-corrected chi connectivity index (χ3v) is 4.63. The van der Waals surface area contributed by atoms with Crippen molar-refractivity contribution >= 4 is 22.2 Å². The van der Waals surface area contributed by atoms with Gasteiger partial charge in [0.25, 0.3) is 0 Å². The number of benzene rings is 2. The minimum atomic E-state index is -0.162. The summed E-state index contributed by atoms with van der Waals surface area (Å²) >= 11 is 3.54. The van der Waals surface area contributed by atoms with Crippen LogP contribution in [0.5, 0.6) is 5.75 Å². The van der Waals surface area contributed by atoms with Gasteiger partial charge in [0.15, 0.2) is 0 Å². The summed E-state index contributed by atoms with van der Waals surface area (Å²) < 4.78 is 6.26. The van der Waals surface area contributed by atoms with E-state index in [9.17, 15) is 4.79 Å². The first-order valence-electron chi connectivity index (χ1n) is 7.23. The Kier molecular flexibility index (Phi) is 4.32. The van der Waals surface area contributed by atoms with Gasteiger partial charge in [-0.05, 0) is 53.4 Å². The van der Waals surface area contributed by atoms with Crippen molar-refractivity contribution in [3.05, 3.63) is 63.1 Å². The SMILES string of the molecule is COc1ccc(CN2Cc3cc(Br)cc(C)c3C2C=O)cc1. The Balaban J connectivity index is 1.86. The van der Waals surface area contributed by atoms with Crippen LogP contribution in [0.25, 0.3) is 0 Å². The highest BCUT2D eigenvalue weighted by Gasteiger charge is 2.31. The fraction of sp³-hybridized carbons (Fsp3) is 0.278. The lowest BCUT2D eigenvalue weighted by Gasteiger charge is -2.21. The summed E-state index contributed by atoms with van der Waals surface area (Å²) in [6, 6.07) is 12.0. The predicted molar refractivity (Wildman–Crippen MR) is 89.9 cm³/mol. The van der Waals surface area contributed by atoms with Gasteiger partial charge in [-0.25, -0.2) is 0 Å². The first-order chi connectivity index (χ1) is 10.6. The van der Waals surface area contributed by atoms with Crippen LogP contribution in [0.2, 0.25) is 0 Å². The summed E-state index contributed by atoms with van der Waals surface area (Å²) in [6.07, 6.45) is 1.05. The predicted octanol–water partition coefficient (Wildman–Crippen LogP) is 4.02. The van der Waals surface area contributed by atoms with Crippen LogP contribution in [0, 0.1) is 6.92 Å². The van der Waals surface area contributed by atoms with Gasteiger partial charge in [0, 0.05) is 17.6 Å². The molecule has 1 atom stereocenters. The maximum absolute atomic E-state index is 11.6. The minimum absolute atomic E-state index is 0.162. The Hall–Kier alpha value is -1.65. The largest absolute Gasteiger partial charge is 0.497 e. The molecule has 3 nitrogen and oxygen atoms in total. The number of fused-ring (bicyclic) bond motifs is 1. The number of hydrogen-bond acceptors (Lipinski definition) is 3. The topological polar surface area (TPSA) is 29.5 Å². The number of methoxy groups -OCH3 is 1. The molecule has 22 heavy (non-hydrogen) atoms. The molecule has 0 N–H and O–H groups in total. The van der Waals surface area contributed by atoms with Crippen LogP contribution < -0.4 is 4.74 Å². The minimum Gasteiger partial charge on any atom is -0.497 e. The Morgan fingerprint density at radius 3 is 2.68 bits per heavy atom. The lowest BCUT2D eigenvalue weighted by Crippen LogP contribution is -2.22. The van der Waals surface area contributed by atoms with Crippen molar-refractivity contribution in [3.63, 3.8) is 0 Å². The fourth-order valence-electron chi connectivity index (χ4n) is 3.15. The molecule has 0 aromatic heterocycles. The molecule has 1 unspecified atom stereocenters. The second-order valence-corrected chi connectivity index (χ2v) is 6.55. The van der Waals surface area contributed by atoms with E-state index in [0.29, 0.717) is 0 Å². The number of nitrogens with zero attached hydrogens (tertiary/aromatic N) is 1. The quantitative estimate of drug-likeness (QED) is 0.772. The normalized spacial score (nSPS) is 17.3. The molecule has 4 heteroatoms. The van der Waals surface area contributed by atoms with Gasteiger partial charge in [-0.2, -0.15) is 0 Å². The van der Waals surface area contributed by atoms with Crippen LogP contribution in [0.1, 0.15) is 28.3 Å². The average Bonchev–Trinajstić information content (AvgIpc) is 2.85. The number of hydrogen-bond donors (Lipinski definition) is 0. The van der Waals surface area contributed by atoms with Crippen molar-refractivity contribution in [2.24, 2.45) is 0 Å². The van der Waals surface area contributed by atoms with E-state index < -0.39 is 0 Å². The van der Waals surface area contributed by atoms with Crippen LogP contribution in [-0.4, -0.2) is 18.3 Å². The molecule has 0 bridgehead atoms. The van der Waals surface area contributed by atoms with Gasteiger partial charge in [0.1, 0.15) is 12.0 Å². The van der Waals surface area contributed by atoms with E-state index in [-0.39, 0.29) is 6.04 Å². The van der Waals surface area contributed by atoms with Gasteiger partial charge in [-0.3, -0.25) is 4.90 Å². The maximum atomic E-state index is 11.6. The van der Waals surface area contributed by atoms with E-state index in [1.54, 1.807) is 7.11 Å². The van der Waals surface area contributed by atoms with Gasteiger partial charge in [0.2, 0.25) is 0 Å². The van der Waals surface area contributed by atoms with Crippen molar-refractivity contribution in [1.29, 1.82) is 0 Å². The number of aryl methyl sites for hydroxylation is 1. The number of carbonyl (C=O) groups is 1. The number of ether oxygens (including phenoxy) is 1. The Labute approximate surface area is 139 Å². The Bertz CT molecular complexity index is 697. The molecule has 0 amide bonds. The van der Waals surface area contributed by atoms with Gasteiger partial charge in [0.05, 0.1) is 13.2 Å². The molecule has 1 aliphatic heterocycles. The number of rotatable bonds is 4. The van der Waals surface area contributed by atoms with Crippen LogP contribution in [0.3, 0.4) is 0 Å². The van der Waals surface area contributed by atoms with Crippen molar-refractivity contribution in [3.8, 4) is 5.75 Å². The van der Waals surface area contributed by atoms with E-state index in [2.05, 4.69) is 39.9 Å².